The Morgan fingerprint density at radius 3 is 1.82 bits per heavy atom. The highest BCUT2D eigenvalue weighted by Gasteiger charge is 2.20. The molecule has 10 rings (SSSR count). The maximum Gasteiger partial charge on any atom is 0.0561 e. The maximum atomic E-state index is 2.43. The van der Waals surface area contributed by atoms with Crippen LogP contribution in [-0.2, 0) is 0 Å². The summed E-state index contributed by atoms with van der Waals surface area (Å²) < 4.78 is 2.43. The van der Waals surface area contributed by atoms with Gasteiger partial charge in [-0.15, -0.1) is 0 Å². The van der Waals surface area contributed by atoms with Crippen molar-refractivity contribution in [3.05, 3.63) is 194 Å². The zero-order chi connectivity index (χ0) is 33.0. The van der Waals surface area contributed by atoms with E-state index in [0.717, 1.165) is 22.7 Å². The Morgan fingerprint density at radius 1 is 0.340 bits per heavy atom. The van der Waals surface area contributed by atoms with E-state index in [9.17, 15) is 0 Å². The molecule has 0 N–H and O–H groups in total. The molecule has 9 aromatic carbocycles. The summed E-state index contributed by atoms with van der Waals surface area (Å²) in [4.78, 5) is 2.43. The molecule has 50 heavy (non-hydrogen) atoms. The van der Waals surface area contributed by atoms with Crippen LogP contribution in [0.15, 0.2) is 194 Å². The topological polar surface area (TPSA) is 8.17 Å². The third-order valence-corrected chi connectivity index (χ3v) is 10.1. The molecular formula is C48H32N2. The molecule has 1 aromatic heterocycles. The van der Waals surface area contributed by atoms with Gasteiger partial charge in [0.1, 0.15) is 0 Å². The van der Waals surface area contributed by atoms with E-state index >= 15 is 0 Å². The van der Waals surface area contributed by atoms with Gasteiger partial charge in [0.15, 0.2) is 0 Å². The molecule has 1 heterocycles. The molecule has 0 spiro atoms. The van der Waals surface area contributed by atoms with Crippen molar-refractivity contribution in [1.29, 1.82) is 0 Å². The molecule has 0 atom stereocenters. The predicted molar refractivity (Wildman–Crippen MR) is 213 cm³/mol. The molecule has 0 radical (unpaired) electrons. The lowest BCUT2D eigenvalue weighted by Crippen LogP contribution is -2.10. The minimum Gasteiger partial charge on any atom is -0.310 e. The smallest absolute Gasteiger partial charge is 0.0561 e. The van der Waals surface area contributed by atoms with Crippen LogP contribution in [0.2, 0.25) is 0 Å². The minimum atomic E-state index is 1.11. The predicted octanol–water partition coefficient (Wildman–Crippen LogP) is 13.4. The number of fused-ring (bicyclic) bond motifs is 8. The Balaban J connectivity index is 1.25. The number of rotatable bonds is 5. The molecular weight excluding hydrogens is 605 g/mol. The van der Waals surface area contributed by atoms with Crippen LogP contribution < -0.4 is 4.90 Å². The van der Waals surface area contributed by atoms with Gasteiger partial charge < -0.3 is 9.47 Å². The summed E-state index contributed by atoms with van der Waals surface area (Å²) in [6, 6.07) is 70.5. The average Bonchev–Trinajstić information content (AvgIpc) is 3.52. The molecule has 234 valence electrons. The maximum absolute atomic E-state index is 2.43. The number of hydrogen-bond donors (Lipinski definition) is 0. The zero-order valence-electron chi connectivity index (χ0n) is 27.4. The van der Waals surface area contributed by atoms with Crippen molar-refractivity contribution in [3.8, 4) is 16.8 Å². The van der Waals surface area contributed by atoms with Crippen molar-refractivity contribution in [3.63, 3.8) is 0 Å². The fourth-order valence-corrected chi connectivity index (χ4v) is 7.88. The average molecular weight is 637 g/mol. The monoisotopic (exact) mass is 636 g/mol. The third kappa shape index (κ3) is 4.50. The number of anilines is 3. The molecule has 0 saturated heterocycles. The molecule has 10 aromatic rings. The summed E-state index contributed by atoms with van der Waals surface area (Å²) in [5.41, 5.74) is 9.30. The van der Waals surface area contributed by atoms with Gasteiger partial charge in [0, 0.05) is 33.2 Å². The largest absolute Gasteiger partial charge is 0.310 e. The highest BCUT2D eigenvalue weighted by Crippen LogP contribution is 2.45. The van der Waals surface area contributed by atoms with E-state index in [4.69, 9.17) is 0 Å². The highest BCUT2D eigenvalue weighted by molar-refractivity contribution is 6.23. The van der Waals surface area contributed by atoms with E-state index < -0.39 is 0 Å². The lowest BCUT2D eigenvalue weighted by atomic mass is 9.94. The summed E-state index contributed by atoms with van der Waals surface area (Å²) in [6.07, 6.45) is 0. The van der Waals surface area contributed by atoms with Gasteiger partial charge in [0.25, 0.3) is 0 Å². The SMILES string of the molecule is c1ccc(-c2cccc(-n3c4ccccc4c4ccc(N(c5ccccc5)c5cc6ccc7ccccc7c6c6ccccc56)cc43)c2)cc1. The van der Waals surface area contributed by atoms with Gasteiger partial charge in [0.05, 0.1) is 16.7 Å². The van der Waals surface area contributed by atoms with Crippen molar-refractivity contribution in [2.45, 2.75) is 0 Å². The van der Waals surface area contributed by atoms with Crippen LogP contribution in [0, 0.1) is 0 Å². The van der Waals surface area contributed by atoms with Crippen molar-refractivity contribution < 1.29 is 0 Å². The summed E-state index contributed by atoms with van der Waals surface area (Å²) in [7, 11) is 0. The first kappa shape index (κ1) is 28.4. The quantitative estimate of drug-likeness (QED) is 0.171. The molecule has 0 aliphatic carbocycles. The zero-order valence-corrected chi connectivity index (χ0v) is 27.4. The van der Waals surface area contributed by atoms with Crippen LogP contribution in [0.25, 0.3) is 70.9 Å². The Morgan fingerprint density at radius 2 is 0.980 bits per heavy atom. The van der Waals surface area contributed by atoms with Crippen LogP contribution in [0.5, 0.6) is 0 Å². The molecule has 0 saturated carbocycles. The van der Waals surface area contributed by atoms with E-state index in [1.54, 1.807) is 0 Å². The number of nitrogens with zero attached hydrogens (tertiary/aromatic N) is 2. The van der Waals surface area contributed by atoms with Crippen LogP contribution in [0.1, 0.15) is 0 Å². The van der Waals surface area contributed by atoms with Gasteiger partial charge >= 0.3 is 0 Å². The van der Waals surface area contributed by atoms with Crippen LogP contribution >= 0.6 is 0 Å². The van der Waals surface area contributed by atoms with Gasteiger partial charge in [-0.05, 0) is 86.6 Å². The van der Waals surface area contributed by atoms with E-state index in [1.807, 2.05) is 0 Å². The molecule has 0 aliphatic rings. The lowest BCUT2D eigenvalue weighted by molar-refractivity contribution is 1.18. The number of hydrogen-bond acceptors (Lipinski definition) is 1. The Bertz CT molecular complexity index is 2870. The molecule has 2 heteroatoms. The molecule has 0 bridgehead atoms. The number of para-hydroxylation sites is 2. The first-order valence-corrected chi connectivity index (χ1v) is 17.2. The number of benzene rings is 9. The summed E-state index contributed by atoms with van der Waals surface area (Å²) in [5.74, 6) is 0. The van der Waals surface area contributed by atoms with Crippen LogP contribution in [0.3, 0.4) is 0 Å². The van der Waals surface area contributed by atoms with Crippen LogP contribution in [-0.4, -0.2) is 4.57 Å². The van der Waals surface area contributed by atoms with E-state index in [2.05, 4.69) is 204 Å². The van der Waals surface area contributed by atoms with Crippen molar-refractivity contribution in [2.75, 3.05) is 4.90 Å². The second-order valence-electron chi connectivity index (χ2n) is 13.0. The molecule has 0 aliphatic heterocycles. The summed E-state index contributed by atoms with van der Waals surface area (Å²) in [6.45, 7) is 0. The van der Waals surface area contributed by atoms with E-state index in [-0.39, 0.29) is 0 Å². The van der Waals surface area contributed by atoms with E-state index in [1.165, 1.54) is 65.3 Å². The van der Waals surface area contributed by atoms with Gasteiger partial charge in [0.2, 0.25) is 0 Å². The van der Waals surface area contributed by atoms with Crippen molar-refractivity contribution >= 4 is 71.2 Å². The molecule has 0 fully saturated rings. The summed E-state index contributed by atoms with van der Waals surface area (Å²) in [5, 5.41) is 10.0. The second kappa shape index (κ2) is 11.5. The Hall–Kier alpha value is -6.64. The van der Waals surface area contributed by atoms with Crippen LogP contribution in [0.4, 0.5) is 17.1 Å². The third-order valence-electron chi connectivity index (χ3n) is 10.1. The van der Waals surface area contributed by atoms with E-state index in [0.29, 0.717) is 0 Å². The molecule has 0 amide bonds. The lowest BCUT2D eigenvalue weighted by Gasteiger charge is -2.28. The van der Waals surface area contributed by atoms with Gasteiger partial charge in [-0.3, -0.25) is 0 Å². The van der Waals surface area contributed by atoms with Gasteiger partial charge in [-0.25, -0.2) is 0 Å². The Labute approximate surface area is 290 Å². The fraction of sp³-hybridized carbons (Fsp3) is 0. The van der Waals surface area contributed by atoms with Gasteiger partial charge in [-0.1, -0.05) is 146 Å². The first-order valence-electron chi connectivity index (χ1n) is 17.2. The van der Waals surface area contributed by atoms with Crippen molar-refractivity contribution in [1.82, 2.24) is 4.57 Å². The molecule has 0 unspecified atom stereocenters. The molecule has 2 nitrogen and oxygen atoms in total. The first-order chi connectivity index (χ1) is 24.8. The fourth-order valence-electron chi connectivity index (χ4n) is 7.88. The Kier molecular flexibility index (Phi) is 6.53. The van der Waals surface area contributed by atoms with Crippen molar-refractivity contribution in [2.24, 2.45) is 0 Å². The minimum absolute atomic E-state index is 1.11. The number of aromatic nitrogens is 1. The highest BCUT2D eigenvalue weighted by atomic mass is 15.1. The second-order valence-corrected chi connectivity index (χ2v) is 13.0. The standard InChI is InChI=1S/C48H32N2/c1-3-14-33(15-4-1)35-17-13-20-38(30-35)50-45-25-12-11-22-41(45)43-29-28-39(32-47(43)50)49(37-18-5-2-6-19-37)46-31-36-27-26-34-16-7-8-21-40(34)48(36)44-24-10-9-23-42(44)46/h1-32H. The normalized spacial score (nSPS) is 11.6. The van der Waals surface area contributed by atoms with Gasteiger partial charge in [-0.2, -0.15) is 0 Å². The summed E-state index contributed by atoms with van der Waals surface area (Å²) >= 11 is 0.